The van der Waals surface area contributed by atoms with E-state index in [4.69, 9.17) is 17.3 Å². The van der Waals surface area contributed by atoms with Crippen molar-refractivity contribution in [1.29, 1.82) is 0 Å². The van der Waals surface area contributed by atoms with Crippen LogP contribution < -0.4 is 11.3 Å². The number of aromatic amines is 1. The lowest BCUT2D eigenvalue weighted by atomic mass is 9.93. The first kappa shape index (κ1) is 18.7. The van der Waals surface area contributed by atoms with E-state index in [2.05, 4.69) is 0 Å². The van der Waals surface area contributed by atoms with E-state index in [1.807, 2.05) is 4.98 Å². The van der Waals surface area contributed by atoms with Crippen molar-refractivity contribution in [3.8, 4) is 16.9 Å². The van der Waals surface area contributed by atoms with Gasteiger partial charge in [0.2, 0.25) is 5.75 Å². The van der Waals surface area contributed by atoms with E-state index in [1.165, 1.54) is 6.92 Å². The highest BCUT2D eigenvalue weighted by Gasteiger charge is 2.32. The smallest absolute Gasteiger partial charge is 0.342 e. The Morgan fingerprint density at radius 2 is 1.81 bits per heavy atom. The number of hydrogen-bond donors (Lipinski definition) is 5. The molecule has 0 aliphatic heterocycles. The third kappa shape index (κ3) is 2.80. The largest absolute Gasteiger partial charge is 0.502 e. The molecular formula is C14H10ClN3O8. The fraction of sp³-hybridized carbons (Fsp3) is 0.0714. The van der Waals surface area contributed by atoms with E-state index in [-0.39, 0.29) is 10.6 Å². The van der Waals surface area contributed by atoms with Crippen LogP contribution in [0.4, 0.5) is 11.5 Å². The van der Waals surface area contributed by atoms with Gasteiger partial charge in [-0.2, -0.15) is 0 Å². The Balaban J connectivity index is 3.16. The van der Waals surface area contributed by atoms with Crippen molar-refractivity contribution < 1.29 is 29.8 Å². The van der Waals surface area contributed by atoms with Gasteiger partial charge in [0.25, 0.3) is 5.56 Å². The molecule has 2 aromatic rings. The van der Waals surface area contributed by atoms with Crippen LogP contribution in [-0.4, -0.2) is 37.2 Å². The fourth-order valence-corrected chi connectivity index (χ4v) is 2.65. The van der Waals surface area contributed by atoms with Gasteiger partial charge >= 0.3 is 17.6 Å². The molecule has 0 amide bonds. The molecule has 0 radical (unpaired) electrons. The molecule has 0 saturated carbocycles. The van der Waals surface area contributed by atoms with E-state index in [1.54, 1.807) is 0 Å². The number of carbonyl (C=O) groups is 2. The lowest BCUT2D eigenvalue weighted by Gasteiger charge is -2.14. The first-order chi connectivity index (χ1) is 12.0. The van der Waals surface area contributed by atoms with Crippen molar-refractivity contribution in [1.82, 2.24) is 4.98 Å². The maximum Gasteiger partial charge on any atom is 0.342 e. The number of phenolic OH excluding ortho intramolecular Hbond substituents is 1. The van der Waals surface area contributed by atoms with Crippen LogP contribution in [0.3, 0.4) is 0 Å². The molecule has 11 nitrogen and oxygen atoms in total. The standard InChI is InChI=1S/C14H10ClN3O8/c1-3-5(15)2-4(10(19)9(3)18(25)26)6-7(13(21)22)11(16)17-12(20)8(6)14(23)24/h2,19H,1H3,(H,21,22)(H,23,24)(H3,16,17,20). The highest BCUT2D eigenvalue weighted by Crippen LogP contribution is 2.44. The molecular weight excluding hydrogens is 374 g/mol. The van der Waals surface area contributed by atoms with Crippen LogP contribution in [0.25, 0.3) is 11.1 Å². The van der Waals surface area contributed by atoms with Crippen molar-refractivity contribution in [2.75, 3.05) is 5.73 Å². The molecule has 1 aromatic carbocycles. The minimum atomic E-state index is -1.83. The minimum Gasteiger partial charge on any atom is -0.502 e. The van der Waals surface area contributed by atoms with Crippen LogP contribution in [0.5, 0.6) is 5.75 Å². The maximum atomic E-state index is 12.0. The molecule has 0 aliphatic rings. The summed E-state index contributed by atoms with van der Waals surface area (Å²) in [6, 6.07) is 0.923. The second-order valence-corrected chi connectivity index (χ2v) is 5.50. The van der Waals surface area contributed by atoms with Crippen molar-refractivity contribution >= 4 is 35.0 Å². The molecule has 1 heterocycles. The Morgan fingerprint density at radius 1 is 1.27 bits per heavy atom. The number of phenols is 1. The van der Waals surface area contributed by atoms with Gasteiger partial charge in [0, 0.05) is 16.7 Å². The predicted molar refractivity (Wildman–Crippen MR) is 88.9 cm³/mol. The number of aromatic carboxylic acids is 2. The number of nitrogen functional groups attached to an aromatic ring is 1. The number of nitrogens with one attached hydrogen (secondary N) is 1. The summed E-state index contributed by atoms with van der Waals surface area (Å²) in [6.45, 7) is 1.23. The number of aromatic nitrogens is 1. The van der Waals surface area contributed by atoms with Gasteiger partial charge in [-0.25, -0.2) is 9.59 Å². The molecule has 0 saturated heterocycles. The molecule has 12 heteroatoms. The first-order valence-electron chi connectivity index (χ1n) is 6.68. The number of carboxylic acid groups (broad SMARTS) is 2. The molecule has 0 fully saturated rings. The van der Waals surface area contributed by atoms with Crippen LogP contribution in [0.2, 0.25) is 5.02 Å². The number of nitro groups is 1. The molecule has 0 unspecified atom stereocenters. The van der Waals surface area contributed by atoms with Crippen LogP contribution in [0.1, 0.15) is 26.3 Å². The normalized spacial score (nSPS) is 10.5. The summed E-state index contributed by atoms with van der Waals surface area (Å²) in [5.41, 5.74) is -0.131. The monoisotopic (exact) mass is 383 g/mol. The zero-order valence-corrected chi connectivity index (χ0v) is 13.6. The zero-order valence-electron chi connectivity index (χ0n) is 12.9. The number of pyridine rings is 1. The topological polar surface area (TPSA) is 197 Å². The highest BCUT2D eigenvalue weighted by molar-refractivity contribution is 6.32. The number of anilines is 1. The number of nitrogens with two attached hydrogens (primary N) is 1. The van der Waals surface area contributed by atoms with Crippen molar-refractivity contribution in [3.63, 3.8) is 0 Å². The van der Waals surface area contributed by atoms with Gasteiger partial charge in [0.15, 0.2) is 0 Å². The van der Waals surface area contributed by atoms with Crippen molar-refractivity contribution in [3.05, 3.63) is 48.2 Å². The molecule has 0 bridgehead atoms. The number of hydrogen-bond acceptors (Lipinski definition) is 7. The lowest BCUT2D eigenvalue weighted by Crippen LogP contribution is -2.24. The quantitative estimate of drug-likeness (QED) is 0.384. The Kier molecular flexibility index (Phi) is 4.59. The van der Waals surface area contributed by atoms with Gasteiger partial charge in [0.1, 0.15) is 16.9 Å². The Bertz CT molecular complexity index is 1040. The van der Waals surface area contributed by atoms with Gasteiger partial charge in [0.05, 0.1) is 9.95 Å². The second kappa shape index (κ2) is 6.37. The highest BCUT2D eigenvalue weighted by atomic mass is 35.5. The molecule has 26 heavy (non-hydrogen) atoms. The Morgan fingerprint density at radius 3 is 2.27 bits per heavy atom. The molecule has 6 N–H and O–H groups in total. The van der Waals surface area contributed by atoms with Gasteiger partial charge in [-0.05, 0) is 13.0 Å². The van der Waals surface area contributed by atoms with Crippen molar-refractivity contribution in [2.24, 2.45) is 0 Å². The van der Waals surface area contributed by atoms with Crippen LogP contribution >= 0.6 is 11.6 Å². The van der Waals surface area contributed by atoms with Gasteiger partial charge < -0.3 is 26.0 Å². The average Bonchev–Trinajstić information content (AvgIpc) is 2.48. The third-order valence-electron chi connectivity index (χ3n) is 3.59. The number of aromatic hydroxyl groups is 1. The first-order valence-corrected chi connectivity index (χ1v) is 7.05. The molecule has 1 aromatic heterocycles. The summed E-state index contributed by atoms with van der Waals surface area (Å²) in [7, 11) is 0. The number of nitro benzene ring substituents is 1. The van der Waals surface area contributed by atoms with Gasteiger partial charge in [-0.1, -0.05) is 11.6 Å². The van der Waals surface area contributed by atoms with Gasteiger partial charge in [-0.15, -0.1) is 0 Å². The zero-order chi connectivity index (χ0) is 19.9. The van der Waals surface area contributed by atoms with Gasteiger partial charge in [-0.3, -0.25) is 14.9 Å². The number of carboxylic acids is 2. The maximum absolute atomic E-state index is 12.0. The summed E-state index contributed by atoms with van der Waals surface area (Å²) in [4.78, 5) is 47.1. The fourth-order valence-electron chi connectivity index (χ4n) is 2.45. The number of H-pyrrole nitrogens is 1. The summed E-state index contributed by atoms with van der Waals surface area (Å²) < 4.78 is 0. The Hall–Kier alpha value is -3.60. The van der Waals surface area contributed by atoms with E-state index in [0.717, 1.165) is 6.07 Å². The number of halogens is 1. The molecule has 0 aliphatic carbocycles. The summed E-state index contributed by atoms with van der Waals surface area (Å²) in [6.07, 6.45) is 0. The Labute approximate surface area is 148 Å². The summed E-state index contributed by atoms with van der Waals surface area (Å²) >= 11 is 5.90. The SMILES string of the molecule is Cc1c(Cl)cc(-c2c(C(=O)O)c(N)[nH]c(=O)c2C(=O)O)c(O)c1[N+](=O)[O-]. The van der Waals surface area contributed by atoms with Crippen LogP contribution in [0.15, 0.2) is 10.9 Å². The number of benzene rings is 1. The van der Waals surface area contributed by atoms with Crippen LogP contribution in [-0.2, 0) is 0 Å². The predicted octanol–water partition coefficient (Wildman–Crippen LogP) is 1.60. The second-order valence-electron chi connectivity index (χ2n) is 5.09. The summed E-state index contributed by atoms with van der Waals surface area (Å²) in [5.74, 6) is -5.30. The van der Waals surface area contributed by atoms with E-state index in [9.17, 15) is 39.8 Å². The molecule has 0 atom stereocenters. The number of nitrogens with zero attached hydrogens (tertiary/aromatic N) is 1. The van der Waals surface area contributed by atoms with E-state index >= 15 is 0 Å². The lowest BCUT2D eigenvalue weighted by molar-refractivity contribution is -0.386. The average molecular weight is 384 g/mol. The van der Waals surface area contributed by atoms with Crippen LogP contribution in [0, 0.1) is 17.0 Å². The third-order valence-corrected chi connectivity index (χ3v) is 3.98. The summed E-state index contributed by atoms with van der Waals surface area (Å²) in [5, 5.41) is 39.9. The molecule has 0 spiro atoms. The number of rotatable bonds is 4. The minimum absolute atomic E-state index is 0.135. The van der Waals surface area contributed by atoms with E-state index in [0.29, 0.717) is 0 Å². The van der Waals surface area contributed by atoms with Crippen molar-refractivity contribution in [2.45, 2.75) is 6.92 Å². The van der Waals surface area contributed by atoms with E-state index < -0.39 is 61.9 Å². The molecule has 136 valence electrons. The molecule has 2 rings (SSSR count).